The smallest absolute Gasteiger partial charge is 0.259 e. The summed E-state index contributed by atoms with van der Waals surface area (Å²) >= 11 is 0. The first kappa shape index (κ1) is 35.4. The van der Waals surface area contributed by atoms with E-state index in [0.29, 0.717) is 12.1 Å². The van der Waals surface area contributed by atoms with Crippen LogP contribution in [0.5, 0.6) is 0 Å². The van der Waals surface area contributed by atoms with Gasteiger partial charge in [-0.3, -0.25) is 4.90 Å². The van der Waals surface area contributed by atoms with Crippen LogP contribution in [0.1, 0.15) is 108 Å². The van der Waals surface area contributed by atoms with Gasteiger partial charge in [-0.15, -0.1) is 0 Å². The second-order valence-corrected chi connectivity index (χ2v) is 19.1. The van der Waals surface area contributed by atoms with E-state index in [2.05, 4.69) is 101 Å². The average molecular weight is 632 g/mol. The minimum Gasteiger partial charge on any atom is -0.322 e. The van der Waals surface area contributed by atoms with Crippen LogP contribution in [-0.2, 0) is 18.1 Å². The van der Waals surface area contributed by atoms with Gasteiger partial charge in [-0.2, -0.15) is 0 Å². The molecule has 0 aromatic carbocycles. The van der Waals surface area contributed by atoms with Gasteiger partial charge in [0.2, 0.25) is 0 Å². The number of piperidine rings is 2. The number of hydrogen-bond donors (Lipinski definition) is 2. The van der Waals surface area contributed by atoms with E-state index in [4.69, 9.17) is 18.1 Å². The molecule has 4 heterocycles. The third-order valence-corrected chi connectivity index (χ3v) is 12.7. The van der Waals surface area contributed by atoms with Gasteiger partial charge in [0.25, 0.3) is 17.1 Å². The highest BCUT2D eigenvalue weighted by molar-refractivity contribution is 7.44. The van der Waals surface area contributed by atoms with Crippen molar-refractivity contribution in [2.75, 3.05) is 46.4 Å². The summed E-state index contributed by atoms with van der Waals surface area (Å²) in [5.41, 5.74) is 0.297. The van der Waals surface area contributed by atoms with Crippen molar-refractivity contribution >= 4 is 17.1 Å². The summed E-state index contributed by atoms with van der Waals surface area (Å²) in [5.74, 6) is 0. The minimum atomic E-state index is -1.08. The van der Waals surface area contributed by atoms with Crippen LogP contribution in [0.4, 0.5) is 0 Å². The fourth-order valence-corrected chi connectivity index (χ4v) is 10.9. The predicted molar refractivity (Wildman–Crippen MR) is 176 cm³/mol. The zero-order valence-electron chi connectivity index (χ0n) is 28.7. The predicted octanol–water partition coefficient (Wildman–Crippen LogP) is 6.25. The zero-order chi connectivity index (χ0) is 30.9. The van der Waals surface area contributed by atoms with Gasteiger partial charge >= 0.3 is 0 Å². The first-order valence-electron chi connectivity index (χ1n) is 16.4. The maximum absolute atomic E-state index is 6.55. The number of nitrogens with one attached hydrogen (secondary N) is 2. The van der Waals surface area contributed by atoms with E-state index in [1.165, 1.54) is 0 Å². The molecule has 246 valence electrons. The normalized spacial score (nSPS) is 33.9. The lowest BCUT2D eigenvalue weighted by Gasteiger charge is -2.52. The van der Waals surface area contributed by atoms with Crippen molar-refractivity contribution in [3.8, 4) is 0 Å². The fourth-order valence-electron chi connectivity index (χ4n) is 7.85. The molecule has 4 rings (SSSR count). The van der Waals surface area contributed by atoms with E-state index in [9.17, 15) is 0 Å². The van der Waals surface area contributed by atoms with Gasteiger partial charge in [0.05, 0.1) is 25.4 Å². The molecule has 4 saturated heterocycles. The Morgan fingerprint density at radius 2 is 1.05 bits per heavy atom. The van der Waals surface area contributed by atoms with Crippen molar-refractivity contribution in [2.24, 2.45) is 0 Å². The molecule has 0 bridgehead atoms. The van der Waals surface area contributed by atoms with Gasteiger partial charge in [-0.1, -0.05) is 0 Å². The van der Waals surface area contributed by atoms with Gasteiger partial charge < -0.3 is 28.7 Å². The molecule has 4 unspecified atom stereocenters. The maximum Gasteiger partial charge on any atom is 0.259 e. The second-order valence-electron chi connectivity index (χ2n) is 16.0. The Bertz CT molecular complexity index is 846. The molecule has 4 atom stereocenters. The molecule has 0 aromatic heterocycles. The number of nitrogens with zero attached hydrogens (tertiary/aromatic N) is 3. The zero-order valence-corrected chi connectivity index (χ0v) is 30.5. The summed E-state index contributed by atoms with van der Waals surface area (Å²) in [6.45, 7) is 28.6. The molecular formula is C31H63N5O4P2. The number of rotatable bonds is 10. The molecular weight excluding hydrogens is 568 g/mol. The lowest BCUT2D eigenvalue weighted by Crippen LogP contribution is -2.63. The van der Waals surface area contributed by atoms with Gasteiger partial charge in [0.15, 0.2) is 0 Å². The largest absolute Gasteiger partial charge is 0.322 e. The first-order chi connectivity index (χ1) is 19.4. The lowest BCUT2D eigenvalue weighted by molar-refractivity contribution is 0.0367. The summed E-state index contributed by atoms with van der Waals surface area (Å²) in [4.78, 5) is 2.76. The molecule has 0 aromatic rings. The second kappa shape index (κ2) is 14.1. The number of hydrogen-bond acceptors (Lipinski definition) is 9. The Hall–Kier alpha value is 0.500. The van der Waals surface area contributed by atoms with Crippen molar-refractivity contribution < 1.29 is 18.1 Å². The lowest BCUT2D eigenvalue weighted by atomic mass is 9.79. The van der Waals surface area contributed by atoms with E-state index in [1.807, 2.05) is 0 Å². The van der Waals surface area contributed by atoms with E-state index in [1.54, 1.807) is 0 Å². The highest BCUT2D eigenvalue weighted by atomic mass is 31.2. The first-order valence-corrected chi connectivity index (χ1v) is 18.7. The summed E-state index contributed by atoms with van der Waals surface area (Å²) in [6, 6.07) is 0.902. The van der Waals surface area contributed by atoms with Crippen LogP contribution in [0.3, 0.4) is 0 Å². The van der Waals surface area contributed by atoms with E-state index >= 15 is 0 Å². The maximum atomic E-state index is 6.55. The van der Waals surface area contributed by atoms with Crippen LogP contribution >= 0.6 is 17.1 Å². The van der Waals surface area contributed by atoms with Crippen molar-refractivity contribution in [1.29, 1.82) is 0 Å². The molecule has 0 spiro atoms. The molecule has 4 fully saturated rings. The van der Waals surface area contributed by atoms with Crippen molar-refractivity contribution in [1.82, 2.24) is 24.9 Å². The Morgan fingerprint density at radius 1 is 0.619 bits per heavy atom. The topological polar surface area (TPSA) is 70.7 Å². The van der Waals surface area contributed by atoms with Gasteiger partial charge in [0.1, 0.15) is 0 Å². The van der Waals surface area contributed by atoms with Crippen LogP contribution in [0, 0.1) is 0 Å². The third kappa shape index (κ3) is 10.3. The molecule has 0 aliphatic carbocycles. The Kier molecular flexibility index (Phi) is 11.9. The van der Waals surface area contributed by atoms with Crippen LogP contribution in [0.2, 0.25) is 0 Å². The molecule has 4 aliphatic heterocycles. The van der Waals surface area contributed by atoms with Gasteiger partial charge in [-0.05, 0) is 115 Å². The molecule has 0 saturated carbocycles. The summed E-state index contributed by atoms with van der Waals surface area (Å²) in [6.07, 6.45) is 6.89. The van der Waals surface area contributed by atoms with Crippen molar-refractivity contribution in [3.63, 3.8) is 0 Å². The highest BCUT2D eigenvalue weighted by Crippen LogP contribution is 2.51. The molecule has 42 heavy (non-hydrogen) atoms. The van der Waals surface area contributed by atoms with Crippen LogP contribution in [0.15, 0.2) is 0 Å². The minimum absolute atomic E-state index is 0.0617. The summed E-state index contributed by atoms with van der Waals surface area (Å²) in [5, 5.41) is 7.79. The van der Waals surface area contributed by atoms with E-state index in [0.717, 1.165) is 77.9 Å². The number of likely N-dealkylation sites (N-methyl/N-ethyl adjacent to an activating group) is 1. The Balaban J connectivity index is 1.53. The molecule has 4 aliphatic rings. The molecule has 0 amide bonds. The molecule has 9 nitrogen and oxygen atoms in total. The fraction of sp³-hybridized carbons (Fsp3) is 1.00. The highest BCUT2D eigenvalue weighted by Gasteiger charge is 2.45. The van der Waals surface area contributed by atoms with Crippen molar-refractivity contribution in [2.45, 2.75) is 154 Å². The van der Waals surface area contributed by atoms with Crippen LogP contribution in [-0.4, -0.2) is 107 Å². The van der Waals surface area contributed by atoms with Gasteiger partial charge in [0, 0.05) is 60.4 Å². The van der Waals surface area contributed by atoms with E-state index < -0.39 is 17.1 Å². The standard InChI is InChI=1S/C31H63N5O4P2/c1-24-12-18-37-41(39-24)34(11)14-15-35(26-20-28(3,4)32-29(5,6)21-26)16-17-36(42-38-19-13-25(2)40-42)27-22-30(7,8)33-31(9,10)23-27/h24-27,32-33H,12-23H2,1-11H3. The molecule has 2 N–H and O–H groups in total. The Labute approximate surface area is 260 Å². The third-order valence-electron chi connectivity index (χ3n) is 9.08. The summed E-state index contributed by atoms with van der Waals surface area (Å²) in [7, 11) is 0.0937. The SMILES string of the molecule is CC1CCOP(N(C)CCN(CCN(C2CC(C)(C)NC(C)(C)C2)P2OCCC(C)O2)C2CC(C)(C)NC(C)(C)C2)O1. The Morgan fingerprint density at radius 3 is 1.55 bits per heavy atom. The summed E-state index contributed by atoms with van der Waals surface area (Å²) < 4.78 is 30.1. The average Bonchev–Trinajstić information content (AvgIpc) is 2.82. The monoisotopic (exact) mass is 631 g/mol. The molecule has 11 heteroatoms. The molecule has 0 radical (unpaired) electrons. The quantitative estimate of drug-likeness (QED) is 0.273. The van der Waals surface area contributed by atoms with Gasteiger partial charge in [-0.25, -0.2) is 9.34 Å². The van der Waals surface area contributed by atoms with Crippen LogP contribution in [0.25, 0.3) is 0 Å². The van der Waals surface area contributed by atoms with Crippen molar-refractivity contribution in [3.05, 3.63) is 0 Å². The van der Waals surface area contributed by atoms with Crippen LogP contribution < -0.4 is 10.6 Å². The van der Waals surface area contributed by atoms with E-state index in [-0.39, 0.29) is 34.4 Å².